The number of hydrogen-bond acceptors (Lipinski definition) is 4. The Labute approximate surface area is 119 Å². The molecule has 1 fully saturated rings. The molecule has 0 radical (unpaired) electrons. The summed E-state index contributed by atoms with van der Waals surface area (Å²) in [5, 5.41) is 10.4. The maximum absolute atomic E-state index is 11.2. The highest BCUT2D eigenvalue weighted by atomic mass is 16.3. The smallest absolute Gasteiger partial charge is 0.231 e. The number of nitrogens with two attached hydrogens (primary N) is 2. The van der Waals surface area contributed by atoms with Crippen LogP contribution in [0.1, 0.15) is 37.4 Å². The van der Waals surface area contributed by atoms with E-state index in [-0.39, 0.29) is 12.5 Å². The van der Waals surface area contributed by atoms with Gasteiger partial charge in [0.2, 0.25) is 5.91 Å². The van der Waals surface area contributed by atoms with Crippen LogP contribution in [-0.4, -0.2) is 35.0 Å². The van der Waals surface area contributed by atoms with Gasteiger partial charge < -0.3 is 16.6 Å². The lowest BCUT2D eigenvalue weighted by molar-refractivity contribution is -0.120. The lowest BCUT2D eigenvalue weighted by Gasteiger charge is -2.30. The number of anilines is 1. The van der Waals surface area contributed by atoms with Crippen LogP contribution in [0.25, 0.3) is 0 Å². The summed E-state index contributed by atoms with van der Waals surface area (Å²) in [6.45, 7) is 0.580. The van der Waals surface area contributed by atoms with Gasteiger partial charge in [-0.2, -0.15) is 0 Å². The molecule has 5 nitrogen and oxygen atoms in total. The molecule has 20 heavy (non-hydrogen) atoms. The topological polar surface area (TPSA) is 92.6 Å². The predicted molar refractivity (Wildman–Crippen MR) is 78.8 cm³/mol. The van der Waals surface area contributed by atoms with Gasteiger partial charge in [-0.05, 0) is 18.9 Å². The minimum atomic E-state index is -0.698. The Morgan fingerprint density at radius 2 is 2.00 bits per heavy atom. The van der Waals surface area contributed by atoms with Gasteiger partial charge in [-0.15, -0.1) is 0 Å². The SMILES string of the molecule is NC(=O)CN(CC(O)c1ccccc1N)C1CCCC1. The Morgan fingerprint density at radius 3 is 2.60 bits per heavy atom. The molecule has 0 bridgehead atoms. The fourth-order valence-electron chi connectivity index (χ4n) is 2.95. The highest BCUT2D eigenvalue weighted by Gasteiger charge is 2.26. The van der Waals surface area contributed by atoms with Crippen LogP contribution in [0.4, 0.5) is 5.69 Å². The van der Waals surface area contributed by atoms with E-state index in [1.54, 1.807) is 6.07 Å². The largest absolute Gasteiger partial charge is 0.398 e. The van der Waals surface area contributed by atoms with E-state index >= 15 is 0 Å². The lowest BCUT2D eigenvalue weighted by atomic mass is 10.1. The second kappa shape index (κ2) is 6.72. The zero-order chi connectivity index (χ0) is 14.5. The lowest BCUT2D eigenvalue weighted by Crippen LogP contribution is -2.42. The molecule has 0 saturated heterocycles. The first kappa shape index (κ1) is 14.8. The van der Waals surface area contributed by atoms with Crippen LogP contribution in [0, 0.1) is 0 Å². The van der Waals surface area contributed by atoms with Crippen molar-refractivity contribution in [1.82, 2.24) is 4.90 Å². The number of carbonyl (C=O) groups excluding carboxylic acids is 1. The molecule has 1 aromatic carbocycles. The monoisotopic (exact) mass is 277 g/mol. The summed E-state index contributed by atoms with van der Waals surface area (Å²) in [5.74, 6) is -0.356. The van der Waals surface area contributed by atoms with Crippen LogP contribution in [0.5, 0.6) is 0 Å². The molecule has 5 heteroatoms. The number of para-hydroxylation sites is 1. The van der Waals surface area contributed by atoms with Crippen molar-refractivity contribution in [2.24, 2.45) is 5.73 Å². The number of primary amides is 1. The first-order valence-corrected chi connectivity index (χ1v) is 7.12. The average Bonchev–Trinajstić information content (AvgIpc) is 2.91. The molecule has 1 saturated carbocycles. The standard InChI is InChI=1S/C15H23N3O2/c16-13-8-4-3-7-12(13)14(19)9-18(10-15(17)20)11-5-1-2-6-11/h3-4,7-8,11,14,19H,1-2,5-6,9-10,16H2,(H2,17,20). The van der Waals surface area contributed by atoms with Crippen molar-refractivity contribution >= 4 is 11.6 Å². The molecule has 110 valence electrons. The average molecular weight is 277 g/mol. The minimum absolute atomic E-state index is 0.189. The summed E-state index contributed by atoms with van der Waals surface area (Å²) in [6.07, 6.45) is 3.76. The summed E-state index contributed by atoms with van der Waals surface area (Å²) < 4.78 is 0. The fraction of sp³-hybridized carbons (Fsp3) is 0.533. The van der Waals surface area contributed by atoms with Gasteiger partial charge in [0.25, 0.3) is 0 Å². The second-order valence-corrected chi connectivity index (χ2v) is 5.48. The second-order valence-electron chi connectivity index (χ2n) is 5.48. The van der Waals surface area contributed by atoms with E-state index in [1.807, 2.05) is 23.1 Å². The highest BCUT2D eigenvalue weighted by molar-refractivity contribution is 5.76. The molecule has 1 aromatic rings. The number of rotatable bonds is 6. The molecule has 1 unspecified atom stereocenters. The molecule has 1 amide bonds. The van der Waals surface area contributed by atoms with Crippen LogP contribution in [0.3, 0.4) is 0 Å². The highest BCUT2D eigenvalue weighted by Crippen LogP contribution is 2.27. The summed E-state index contributed by atoms with van der Waals surface area (Å²) in [7, 11) is 0. The molecular weight excluding hydrogens is 254 g/mol. The van der Waals surface area contributed by atoms with Gasteiger partial charge in [-0.1, -0.05) is 31.0 Å². The molecule has 1 aliphatic carbocycles. The molecule has 0 aromatic heterocycles. The zero-order valence-electron chi connectivity index (χ0n) is 11.7. The maximum atomic E-state index is 11.2. The van der Waals surface area contributed by atoms with Crippen molar-refractivity contribution in [3.05, 3.63) is 29.8 Å². The van der Waals surface area contributed by atoms with Crippen molar-refractivity contribution in [1.29, 1.82) is 0 Å². The van der Waals surface area contributed by atoms with Crippen molar-refractivity contribution in [3.8, 4) is 0 Å². The molecule has 2 rings (SSSR count). The molecular formula is C15H23N3O2. The van der Waals surface area contributed by atoms with Gasteiger partial charge in [0.15, 0.2) is 0 Å². The number of carbonyl (C=O) groups is 1. The van der Waals surface area contributed by atoms with Crippen LogP contribution < -0.4 is 11.5 Å². The maximum Gasteiger partial charge on any atom is 0.231 e. The first-order chi connectivity index (χ1) is 9.58. The first-order valence-electron chi connectivity index (χ1n) is 7.12. The summed E-state index contributed by atoms with van der Waals surface area (Å²) in [4.78, 5) is 13.2. The number of aliphatic hydroxyl groups is 1. The third-order valence-electron chi connectivity index (χ3n) is 3.96. The number of nitrogens with zero attached hydrogens (tertiary/aromatic N) is 1. The van der Waals surface area contributed by atoms with Gasteiger partial charge in [0.05, 0.1) is 12.6 Å². The summed E-state index contributed by atoms with van der Waals surface area (Å²) in [5.41, 5.74) is 12.5. The van der Waals surface area contributed by atoms with Crippen LogP contribution >= 0.6 is 0 Å². The number of aliphatic hydroxyl groups excluding tert-OH is 1. The molecule has 0 heterocycles. The van der Waals surface area contributed by atoms with E-state index in [0.29, 0.717) is 23.8 Å². The van der Waals surface area contributed by atoms with Crippen LogP contribution in [0.2, 0.25) is 0 Å². The predicted octanol–water partition coefficient (Wildman–Crippen LogP) is 1.03. The zero-order valence-corrected chi connectivity index (χ0v) is 11.7. The molecule has 0 spiro atoms. The van der Waals surface area contributed by atoms with E-state index in [2.05, 4.69) is 0 Å². The number of amides is 1. The summed E-state index contributed by atoms with van der Waals surface area (Å²) in [6, 6.07) is 7.61. The Hall–Kier alpha value is -1.59. The van der Waals surface area contributed by atoms with Crippen LogP contribution in [-0.2, 0) is 4.79 Å². The van der Waals surface area contributed by atoms with Gasteiger partial charge in [0, 0.05) is 23.8 Å². The third kappa shape index (κ3) is 3.71. The number of hydrogen-bond donors (Lipinski definition) is 3. The molecule has 5 N–H and O–H groups in total. The van der Waals surface area contributed by atoms with Crippen molar-refractivity contribution < 1.29 is 9.90 Å². The van der Waals surface area contributed by atoms with E-state index < -0.39 is 6.10 Å². The Kier molecular flexibility index (Phi) is 4.98. The number of benzene rings is 1. The quantitative estimate of drug-likeness (QED) is 0.677. The van der Waals surface area contributed by atoms with E-state index in [1.165, 1.54) is 12.8 Å². The number of nitrogen functional groups attached to an aromatic ring is 1. The van der Waals surface area contributed by atoms with Gasteiger partial charge in [0.1, 0.15) is 0 Å². The van der Waals surface area contributed by atoms with Crippen molar-refractivity contribution in [3.63, 3.8) is 0 Å². The normalized spacial score (nSPS) is 17.5. The van der Waals surface area contributed by atoms with Gasteiger partial charge in [-0.25, -0.2) is 0 Å². The Bertz CT molecular complexity index is 458. The van der Waals surface area contributed by atoms with Crippen molar-refractivity contribution in [2.75, 3.05) is 18.8 Å². The molecule has 0 aliphatic heterocycles. The van der Waals surface area contributed by atoms with E-state index in [0.717, 1.165) is 12.8 Å². The Balaban J connectivity index is 2.06. The van der Waals surface area contributed by atoms with Gasteiger partial charge >= 0.3 is 0 Å². The summed E-state index contributed by atoms with van der Waals surface area (Å²) >= 11 is 0. The van der Waals surface area contributed by atoms with Crippen LogP contribution in [0.15, 0.2) is 24.3 Å². The Morgan fingerprint density at radius 1 is 1.35 bits per heavy atom. The molecule has 1 atom stereocenters. The fourth-order valence-corrected chi connectivity index (χ4v) is 2.95. The third-order valence-corrected chi connectivity index (χ3v) is 3.96. The van der Waals surface area contributed by atoms with E-state index in [9.17, 15) is 9.90 Å². The van der Waals surface area contributed by atoms with Gasteiger partial charge in [-0.3, -0.25) is 9.69 Å². The molecule has 1 aliphatic rings. The van der Waals surface area contributed by atoms with E-state index in [4.69, 9.17) is 11.5 Å². The van der Waals surface area contributed by atoms with Crippen molar-refractivity contribution in [2.45, 2.75) is 37.8 Å². The minimum Gasteiger partial charge on any atom is -0.398 e.